The van der Waals surface area contributed by atoms with Gasteiger partial charge in [0.25, 0.3) is 0 Å². The number of carboxylic acids is 1. The van der Waals surface area contributed by atoms with Crippen molar-refractivity contribution in [3.05, 3.63) is 30.3 Å². The molecule has 0 aromatic heterocycles. The van der Waals surface area contributed by atoms with Crippen LogP contribution in [0.1, 0.15) is 6.92 Å². The molecule has 0 spiro atoms. The molecule has 4 N–H and O–H groups in total. The Morgan fingerprint density at radius 1 is 1.38 bits per heavy atom. The van der Waals surface area contributed by atoms with E-state index in [1.807, 2.05) is 5.32 Å². The van der Waals surface area contributed by atoms with E-state index in [-0.39, 0.29) is 11.5 Å². The molecule has 2 unspecified atom stereocenters. The molecule has 0 heterocycles. The van der Waals surface area contributed by atoms with Crippen LogP contribution in [0.3, 0.4) is 0 Å². The minimum atomic E-state index is -4.28. The Bertz CT molecular complexity index is 766. The molecule has 8 nitrogen and oxygen atoms in total. The normalized spacial score (nSPS) is 14.6. The van der Waals surface area contributed by atoms with Gasteiger partial charge in [-0.1, -0.05) is 30.0 Å². The van der Waals surface area contributed by atoms with E-state index >= 15 is 0 Å². The minimum Gasteiger partial charge on any atom is -0.478 e. The van der Waals surface area contributed by atoms with Gasteiger partial charge in [0.15, 0.2) is 15.1 Å². The standard InChI is InChI=1S/C15H18N2O6S/c1-11(18)17-15(16,14(19)20)13(9-6-10-23-2)24(21,22)12-7-4-3-5-8-12/h3-5,7-8,13H,10,16H2,1-2H3,(H,17,18)(H,19,20). The molecule has 1 rings (SSSR count). The van der Waals surface area contributed by atoms with E-state index in [4.69, 9.17) is 10.5 Å². The molecule has 1 aromatic carbocycles. The Balaban J connectivity index is 3.54. The molecule has 0 bridgehead atoms. The zero-order valence-electron chi connectivity index (χ0n) is 13.1. The minimum absolute atomic E-state index is 0.128. The monoisotopic (exact) mass is 354 g/mol. The Hall–Kier alpha value is -2.41. The third kappa shape index (κ3) is 4.32. The highest BCUT2D eigenvalue weighted by molar-refractivity contribution is 7.92. The third-order valence-electron chi connectivity index (χ3n) is 2.98. The summed E-state index contributed by atoms with van der Waals surface area (Å²) in [6.07, 6.45) is 0. The van der Waals surface area contributed by atoms with E-state index in [1.54, 1.807) is 6.07 Å². The van der Waals surface area contributed by atoms with Crippen LogP contribution in [0, 0.1) is 11.8 Å². The molecule has 0 saturated heterocycles. The summed E-state index contributed by atoms with van der Waals surface area (Å²) in [5.74, 6) is 2.17. The second-order valence-corrected chi connectivity index (χ2v) is 6.88. The summed E-state index contributed by atoms with van der Waals surface area (Å²) >= 11 is 0. The summed E-state index contributed by atoms with van der Waals surface area (Å²) in [5, 5.41) is 9.48. The average molecular weight is 354 g/mol. The molecule has 0 fully saturated rings. The first kappa shape index (κ1) is 19.6. The number of hydrogen-bond donors (Lipinski definition) is 3. The molecule has 9 heteroatoms. The molecule has 0 aliphatic carbocycles. The van der Waals surface area contributed by atoms with Crippen LogP contribution in [-0.4, -0.2) is 50.0 Å². The molecule has 0 aliphatic heterocycles. The summed E-state index contributed by atoms with van der Waals surface area (Å²) in [6.45, 7) is 0.899. The Kier molecular flexibility index (Phi) is 6.48. The van der Waals surface area contributed by atoms with Crippen LogP contribution in [0.15, 0.2) is 35.2 Å². The van der Waals surface area contributed by atoms with Crippen molar-refractivity contribution in [3.8, 4) is 11.8 Å². The zero-order chi connectivity index (χ0) is 18.4. The van der Waals surface area contributed by atoms with Gasteiger partial charge in [0.2, 0.25) is 11.6 Å². The number of hydrogen-bond acceptors (Lipinski definition) is 6. The molecular weight excluding hydrogens is 336 g/mol. The fourth-order valence-corrected chi connectivity index (χ4v) is 3.61. The number of nitrogens with two attached hydrogens (primary N) is 1. The topological polar surface area (TPSA) is 136 Å². The smallest absolute Gasteiger partial charge is 0.346 e. The van der Waals surface area contributed by atoms with Gasteiger partial charge in [-0.2, -0.15) is 0 Å². The second kappa shape index (κ2) is 7.92. The molecular formula is C15H18N2O6S. The van der Waals surface area contributed by atoms with E-state index in [2.05, 4.69) is 11.8 Å². The Labute approximate surface area is 139 Å². The first-order valence-corrected chi connectivity index (χ1v) is 8.28. The number of amides is 1. The lowest BCUT2D eigenvalue weighted by atomic mass is 10.1. The van der Waals surface area contributed by atoms with E-state index in [9.17, 15) is 23.1 Å². The lowest BCUT2D eigenvalue weighted by Gasteiger charge is -2.30. The van der Waals surface area contributed by atoms with Crippen LogP contribution in [0.2, 0.25) is 0 Å². The van der Waals surface area contributed by atoms with Crippen molar-refractivity contribution >= 4 is 21.7 Å². The van der Waals surface area contributed by atoms with Crippen molar-refractivity contribution in [2.45, 2.75) is 22.7 Å². The molecule has 130 valence electrons. The van der Waals surface area contributed by atoms with E-state index in [0.29, 0.717) is 0 Å². The highest BCUT2D eigenvalue weighted by Crippen LogP contribution is 2.22. The number of aliphatic carboxylic acids is 1. The maximum absolute atomic E-state index is 12.8. The molecule has 24 heavy (non-hydrogen) atoms. The first-order valence-electron chi connectivity index (χ1n) is 6.73. The molecule has 1 amide bonds. The highest BCUT2D eigenvalue weighted by atomic mass is 32.2. The molecule has 0 radical (unpaired) electrons. The SMILES string of the molecule is COCC#CC(C(N)(NC(C)=O)C(=O)O)S(=O)(=O)c1ccccc1. The fourth-order valence-electron chi connectivity index (χ4n) is 1.91. The van der Waals surface area contributed by atoms with Gasteiger partial charge in [-0.3, -0.25) is 10.5 Å². The van der Waals surface area contributed by atoms with Gasteiger partial charge < -0.3 is 15.2 Å². The lowest BCUT2D eigenvalue weighted by molar-refractivity contribution is -0.146. The van der Waals surface area contributed by atoms with E-state index in [0.717, 1.165) is 6.92 Å². The number of benzene rings is 1. The third-order valence-corrected chi connectivity index (χ3v) is 5.02. The number of carbonyl (C=O) groups excluding carboxylic acids is 1. The summed E-state index contributed by atoms with van der Waals surface area (Å²) < 4.78 is 30.4. The molecule has 0 aliphatic rings. The van der Waals surface area contributed by atoms with Crippen molar-refractivity contribution in [3.63, 3.8) is 0 Å². The predicted octanol–water partition coefficient (Wildman–Crippen LogP) is -0.646. The quantitative estimate of drug-likeness (QED) is 0.456. The van der Waals surface area contributed by atoms with Gasteiger partial charge in [0.1, 0.15) is 6.61 Å². The predicted molar refractivity (Wildman–Crippen MR) is 85.4 cm³/mol. The fraction of sp³-hybridized carbons (Fsp3) is 0.333. The van der Waals surface area contributed by atoms with Gasteiger partial charge in [0, 0.05) is 14.0 Å². The lowest BCUT2D eigenvalue weighted by Crippen LogP contribution is -2.69. The number of ether oxygens (including phenoxy) is 1. The van der Waals surface area contributed by atoms with Crippen LogP contribution in [-0.2, 0) is 24.2 Å². The van der Waals surface area contributed by atoms with Crippen molar-refractivity contribution in [1.29, 1.82) is 0 Å². The van der Waals surface area contributed by atoms with Crippen molar-refractivity contribution in [2.75, 3.05) is 13.7 Å². The maximum Gasteiger partial charge on any atom is 0.346 e. The van der Waals surface area contributed by atoms with E-state index < -0.39 is 32.6 Å². The van der Waals surface area contributed by atoms with Gasteiger partial charge in [-0.15, -0.1) is 0 Å². The van der Waals surface area contributed by atoms with E-state index in [1.165, 1.54) is 31.4 Å². The maximum atomic E-state index is 12.8. The van der Waals surface area contributed by atoms with Crippen molar-refractivity contribution in [2.24, 2.45) is 5.73 Å². The Morgan fingerprint density at radius 3 is 2.42 bits per heavy atom. The van der Waals surface area contributed by atoms with Gasteiger partial charge in [-0.05, 0) is 12.1 Å². The average Bonchev–Trinajstić information content (AvgIpc) is 2.51. The van der Waals surface area contributed by atoms with Crippen LogP contribution in [0.4, 0.5) is 0 Å². The number of nitrogens with one attached hydrogen (secondary N) is 1. The molecule has 0 saturated carbocycles. The second-order valence-electron chi connectivity index (χ2n) is 4.85. The van der Waals surface area contributed by atoms with Crippen LogP contribution in [0.25, 0.3) is 0 Å². The number of methoxy groups -OCH3 is 1. The number of sulfone groups is 1. The van der Waals surface area contributed by atoms with Crippen molar-refractivity contribution < 1.29 is 27.9 Å². The summed E-state index contributed by atoms with van der Waals surface area (Å²) in [5.41, 5.74) is 3.11. The number of rotatable bonds is 6. The van der Waals surface area contributed by atoms with Gasteiger partial charge >= 0.3 is 5.97 Å². The van der Waals surface area contributed by atoms with Crippen LogP contribution < -0.4 is 11.1 Å². The van der Waals surface area contributed by atoms with Crippen LogP contribution in [0.5, 0.6) is 0 Å². The Morgan fingerprint density at radius 2 is 1.96 bits per heavy atom. The molecule has 2 atom stereocenters. The number of carbonyl (C=O) groups is 2. The molecule has 1 aromatic rings. The summed E-state index contributed by atoms with van der Waals surface area (Å²) in [7, 11) is -2.94. The van der Waals surface area contributed by atoms with Crippen molar-refractivity contribution in [1.82, 2.24) is 5.32 Å². The summed E-state index contributed by atoms with van der Waals surface area (Å²) in [4.78, 5) is 22.8. The summed E-state index contributed by atoms with van der Waals surface area (Å²) in [6, 6.07) is 7.13. The van der Waals surface area contributed by atoms with Gasteiger partial charge in [0.05, 0.1) is 4.90 Å². The largest absolute Gasteiger partial charge is 0.478 e. The van der Waals surface area contributed by atoms with Gasteiger partial charge in [-0.25, -0.2) is 13.2 Å². The number of carboxylic acid groups (broad SMARTS) is 1. The highest BCUT2D eigenvalue weighted by Gasteiger charge is 2.50. The zero-order valence-corrected chi connectivity index (χ0v) is 14.0. The van der Waals surface area contributed by atoms with Crippen LogP contribution >= 0.6 is 0 Å². The first-order chi connectivity index (χ1) is 11.2.